The smallest absolute Gasteiger partial charge is 0.228 e. The van der Waals surface area contributed by atoms with Crippen LogP contribution in [0.15, 0.2) is 30.3 Å². The topological polar surface area (TPSA) is 60.9 Å². The highest BCUT2D eigenvalue weighted by molar-refractivity contribution is 5.84. The van der Waals surface area contributed by atoms with Gasteiger partial charge in [0.1, 0.15) is 0 Å². The van der Waals surface area contributed by atoms with Crippen molar-refractivity contribution < 1.29 is 14.4 Å². The van der Waals surface area contributed by atoms with Crippen LogP contribution in [-0.2, 0) is 20.9 Å². The molecule has 2 bridgehead atoms. The maximum Gasteiger partial charge on any atom is 0.228 e. The Hall–Kier alpha value is -2.37. The fourth-order valence-electron chi connectivity index (χ4n) is 4.91. The summed E-state index contributed by atoms with van der Waals surface area (Å²) < 4.78 is 0. The number of fused-ring (bicyclic) bond motifs is 4. The predicted molar refractivity (Wildman–Crippen MR) is 105 cm³/mol. The molecule has 3 amide bonds. The van der Waals surface area contributed by atoms with Gasteiger partial charge in [0.2, 0.25) is 17.7 Å². The van der Waals surface area contributed by atoms with E-state index >= 15 is 0 Å². The van der Waals surface area contributed by atoms with Gasteiger partial charge in [-0.2, -0.15) is 0 Å². The van der Waals surface area contributed by atoms with Gasteiger partial charge in [-0.05, 0) is 31.2 Å². The quantitative estimate of drug-likeness (QED) is 0.801. The summed E-state index contributed by atoms with van der Waals surface area (Å²) in [6.45, 7) is 4.71. The second-order valence-electron chi connectivity index (χ2n) is 8.40. The molecule has 0 saturated carbocycles. The Morgan fingerprint density at radius 3 is 2.36 bits per heavy atom. The van der Waals surface area contributed by atoms with E-state index < -0.39 is 0 Å². The molecule has 6 heteroatoms. The largest absolute Gasteiger partial charge is 0.343 e. The first kappa shape index (κ1) is 19.0. The number of nitrogens with zero attached hydrogens (tertiary/aromatic N) is 3. The van der Waals surface area contributed by atoms with E-state index in [1.54, 1.807) is 6.92 Å². The van der Waals surface area contributed by atoms with Crippen molar-refractivity contribution in [3.8, 4) is 0 Å². The molecule has 1 aromatic carbocycles. The first-order valence-electron chi connectivity index (χ1n) is 10.4. The molecular formula is C22H29N3O3. The van der Waals surface area contributed by atoms with E-state index in [0.29, 0.717) is 32.7 Å². The Morgan fingerprint density at radius 2 is 1.68 bits per heavy atom. The maximum absolute atomic E-state index is 13.2. The zero-order chi connectivity index (χ0) is 19.7. The van der Waals surface area contributed by atoms with Gasteiger partial charge in [0.25, 0.3) is 0 Å². The molecule has 4 aliphatic rings. The van der Waals surface area contributed by atoms with Crippen LogP contribution in [0.2, 0.25) is 0 Å². The summed E-state index contributed by atoms with van der Waals surface area (Å²) in [4.78, 5) is 43.5. The lowest BCUT2D eigenvalue weighted by Gasteiger charge is -2.36. The van der Waals surface area contributed by atoms with Crippen molar-refractivity contribution in [1.29, 1.82) is 0 Å². The van der Waals surface area contributed by atoms with Crippen molar-refractivity contribution in [3.05, 3.63) is 35.9 Å². The minimum Gasteiger partial charge on any atom is -0.343 e. The monoisotopic (exact) mass is 383 g/mol. The zero-order valence-electron chi connectivity index (χ0n) is 16.5. The molecule has 0 spiro atoms. The van der Waals surface area contributed by atoms with Crippen LogP contribution in [0.5, 0.6) is 0 Å². The minimum absolute atomic E-state index is 0.0224. The van der Waals surface area contributed by atoms with Crippen LogP contribution in [-0.4, -0.2) is 64.6 Å². The molecule has 0 aromatic heterocycles. The second kappa shape index (κ2) is 7.94. The van der Waals surface area contributed by atoms with Crippen LogP contribution in [0.3, 0.4) is 0 Å². The lowest BCUT2D eigenvalue weighted by molar-refractivity contribution is -0.141. The van der Waals surface area contributed by atoms with E-state index in [1.165, 1.54) is 0 Å². The summed E-state index contributed by atoms with van der Waals surface area (Å²) in [5.74, 6) is 0.353. The highest BCUT2D eigenvalue weighted by atomic mass is 16.2. The first-order valence-corrected chi connectivity index (χ1v) is 10.4. The van der Waals surface area contributed by atoms with Gasteiger partial charge in [0.05, 0.1) is 5.92 Å². The number of hydrogen-bond donors (Lipinski definition) is 0. The summed E-state index contributed by atoms with van der Waals surface area (Å²) in [6, 6.07) is 10.2. The van der Waals surface area contributed by atoms with E-state index in [1.807, 2.05) is 32.9 Å². The SMILES string of the molecule is CC(=O)N1CCC(C(=O)N2CC3CCC(C2)N(Cc2ccccc2)C3=O)CC1. The molecule has 28 heavy (non-hydrogen) atoms. The van der Waals surface area contributed by atoms with Gasteiger partial charge < -0.3 is 14.7 Å². The van der Waals surface area contributed by atoms with Gasteiger partial charge in [-0.25, -0.2) is 0 Å². The number of carbonyl (C=O) groups excluding carboxylic acids is 3. The molecule has 150 valence electrons. The van der Waals surface area contributed by atoms with Crippen LogP contribution in [0.25, 0.3) is 0 Å². The Labute approximate surface area is 166 Å². The van der Waals surface area contributed by atoms with Crippen molar-refractivity contribution in [2.75, 3.05) is 26.2 Å². The molecule has 5 rings (SSSR count). The number of hydrogen-bond acceptors (Lipinski definition) is 3. The highest BCUT2D eigenvalue weighted by Gasteiger charge is 2.43. The van der Waals surface area contributed by atoms with Gasteiger partial charge in [-0.3, -0.25) is 14.4 Å². The van der Waals surface area contributed by atoms with Crippen LogP contribution < -0.4 is 0 Å². The van der Waals surface area contributed by atoms with E-state index in [4.69, 9.17) is 0 Å². The van der Waals surface area contributed by atoms with Crippen LogP contribution >= 0.6 is 0 Å². The fourth-order valence-corrected chi connectivity index (χ4v) is 4.91. The molecule has 4 heterocycles. The van der Waals surface area contributed by atoms with E-state index in [2.05, 4.69) is 12.1 Å². The van der Waals surface area contributed by atoms with Gasteiger partial charge in [-0.1, -0.05) is 30.3 Å². The number of amides is 3. The molecular weight excluding hydrogens is 354 g/mol. The summed E-state index contributed by atoms with van der Waals surface area (Å²) >= 11 is 0. The molecule has 0 aliphatic carbocycles. The van der Waals surface area contributed by atoms with Crippen LogP contribution in [0.1, 0.15) is 38.2 Å². The third-order valence-electron chi connectivity index (χ3n) is 6.59. The van der Waals surface area contributed by atoms with E-state index in [0.717, 1.165) is 31.2 Å². The molecule has 4 saturated heterocycles. The second-order valence-corrected chi connectivity index (χ2v) is 8.40. The summed E-state index contributed by atoms with van der Waals surface area (Å²) in [6.07, 6.45) is 3.30. The average Bonchev–Trinajstić information content (AvgIpc) is 3.01. The number of piperidine rings is 2. The van der Waals surface area contributed by atoms with Crippen LogP contribution in [0, 0.1) is 11.8 Å². The Bertz CT molecular complexity index is 743. The van der Waals surface area contributed by atoms with Crippen molar-refractivity contribution >= 4 is 17.7 Å². The zero-order valence-corrected chi connectivity index (χ0v) is 16.5. The lowest BCUT2D eigenvalue weighted by Crippen LogP contribution is -2.48. The van der Waals surface area contributed by atoms with Crippen molar-refractivity contribution in [3.63, 3.8) is 0 Å². The number of likely N-dealkylation sites (tertiary alicyclic amines) is 1. The van der Waals surface area contributed by atoms with Crippen molar-refractivity contribution in [1.82, 2.24) is 14.7 Å². The fraction of sp³-hybridized carbons (Fsp3) is 0.591. The average molecular weight is 383 g/mol. The van der Waals surface area contributed by atoms with E-state index in [-0.39, 0.29) is 35.6 Å². The standard InChI is InChI=1S/C22H29N3O3/c1-16(26)23-11-9-18(10-12-23)21(27)24-14-19-7-8-20(15-24)25(22(19)28)13-17-5-3-2-4-6-17/h2-6,18-20H,7-15H2,1H3. The van der Waals surface area contributed by atoms with Gasteiger partial charge in [0.15, 0.2) is 0 Å². The lowest BCUT2D eigenvalue weighted by atomic mass is 9.93. The molecule has 2 atom stereocenters. The number of rotatable bonds is 3. The van der Waals surface area contributed by atoms with Gasteiger partial charge in [0, 0.05) is 51.6 Å². The Balaban J connectivity index is 1.43. The minimum atomic E-state index is -0.0799. The first-order chi connectivity index (χ1) is 13.5. The van der Waals surface area contributed by atoms with E-state index in [9.17, 15) is 14.4 Å². The molecule has 0 radical (unpaired) electrons. The molecule has 4 aliphatic heterocycles. The van der Waals surface area contributed by atoms with Crippen LogP contribution in [0.4, 0.5) is 0 Å². The van der Waals surface area contributed by atoms with Gasteiger partial charge >= 0.3 is 0 Å². The maximum atomic E-state index is 13.2. The summed E-state index contributed by atoms with van der Waals surface area (Å²) in [5, 5.41) is 0. The van der Waals surface area contributed by atoms with Crippen molar-refractivity contribution in [2.45, 2.75) is 45.2 Å². The highest BCUT2D eigenvalue weighted by Crippen LogP contribution is 2.32. The Kier molecular flexibility index (Phi) is 5.38. The predicted octanol–water partition coefficient (Wildman–Crippen LogP) is 1.89. The molecule has 6 nitrogen and oxygen atoms in total. The molecule has 1 aromatic rings. The van der Waals surface area contributed by atoms with Gasteiger partial charge in [-0.15, -0.1) is 0 Å². The third-order valence-corrected chi connectivity index (χ3v) is 6.59. The molecule has 2 unspecified atom stereocenters. The Morgan fingerprint density at radius 1 is 0.964 bits per heavy atom. The number of carbonyl (C=O) groups is 3. The van der Waals surface area contributed by atoms with Crippen molar-refractivity contribution in [2.24, 2.45) is 11.8 Å². The third kappa shape index (κ3) is 3.77. The number of benzene rings is 1. The normalized spacial score (nSPS) is 25.8. The summed E-state index contributed by atoms with van der Waals surface area (Å²) in [7, 11) is 0. The molecule has 4 fully saturated rings. The summed E-state index contributed by atoms with van der Waals surface area (Å²) in [5.41, 5.74) is 1.14. The molecule has 0 N–H and O–H groups in total.